The number of fused-ring (bicyclic) bond motifs is 2. The number of aromatic amines is 1. The van der Waals surface area contributed by atoms with Crippen molar-refractivity contribution < 1.29 is 14.7 Å². The van der Waals surface area contributed by atoms with E-state index >= 15 is 0 Å². The minimum absolute atomic E-state index is 0.305. The number of imide groups is 1. The smallest absolute Gasteiger partial charge is 0.268 e. The van der Waals surface area contributed by atoms with E-state index in [9.17, 15) is 14.7 Å². The predicted octanol–water partition coefficient (Wildman–Crippen LogP) is 1.98. The second-order valence-corrected chi connectivity index (χ2v) is 5.71. The van der Waals surface area contributed by atoms with Gasteiger partial charge in [-0.2, -0.15) is 0 Å². The first-order valence-electron chi connectivity index (χ1n) is 7.29. The molecule has 0 saturated heterocycles. The molecule has 23 heavy (non-hydrogen) atoms. The van der Waals surface area contributed by atoms with Crippen LogP contribution in [0, 0.1) is 6.92 Å². The van der Waals surface area contributed by atoms with Crippen molar-refractivity contribution in [2.24, 2.45) is 0 Å². The van der Waals surface area contributed by atoms with Crippen LogP contribution in [-0.2, 0) is 10.4 Å². The summed E-state index contributed by atoms with van der Waals surface area (Å²) in [5.41, 5.74) is 0.698. The van der Waals surface area contributed by atoms with Crippen molar-refractivity contribution in [2.45, 2.75) is 12.5 Å². The van der Waals surface area contributed by atoms with Crippen molar-refractivity contribution in [1.29, 1.82) is 0 Å². The van der Waals surface area contributed by atoms with Crippen LogP contribution in [0.3, 0.4) is 0 Å². The van der Waals surface area contributed by atoms with Gasteiger partial charge in [0.2, 0.25) is 0 Å². The molecule has 4 rings (SSSR count). The summed E-state index contributed by atoms with van der Waals surface area (Å²) >= 11 is 0. The number of aliphatic hydroxyl groups is 1. The summed E-state index contributed by atoms with van der Waals surface area (Å²) < 4.78 is 0. The number of H-pyrrole nitrogens is 1. The van der Waals surface area contributed by atoms with Crippen molar-refractivity contribution in [3.8, 4) is 0 Å². The van der Waals surface area contributed by atoms with Gasteiger partial charge in [-0.3, -0.25) is 14.9 Å². The second-order valence-electron chi connectivity index (χ2n) is 5.71. The summed E-state index contributed by atoms with van der Waals surface area (Å²) in [6.45, 7) is 1.81. The summed E-state index contributed by atoms with van der Waals surface area (Å²) in [6.07, 6.45) is 0. The molecule has 5 heteroatoms. The van der Waals surface area contributed by atoms with Crippen LogP contribution in [-0.4, -0.2) is 21.9 Å². The number of carbonyl (C=O) groups excluding carboxylic acids is 2. The Kier molecular flexibility index (Phi) is 2.71. The van der Waals surface area contributed by atoms with E-state index in [1.54, 1.807) is 31.2 Å². The number of hydrogen-bond acceptors (Lipinski definition) is 3. The molecule has 0 saturated carbocycles. The van der Waals surface area contributed by atoms with E-state index in [0.717, 1.165) is 10.9 Å². The number of aromatic nitrogens is 1. The molecule has 0 bridgehead atoms. The minimum Gasteiger partial charge on any atom is -0.372 e. The monoisotopic (exact) mass is 306 g/mol. The van der Waals surface area contributed by atoms with Gasteiger partial charge < -0.3 is 10.1 Å². The molecule has 1 unspecified atom stereocenters. The molecule has 3 aromatic rings. The molecule has 0 radical (unpaired) electrons. The maximum Gasteiger partial charge on any atom is 0.268 e. The predicted molar refractivity (Wildman–Crippen MR) is 84.9 cm³/mol. The van der Waals surface area contributed by atoms with Crippen LogP contribution < -0.4 is 5.32 Å². The number of nitrogens with one attached hydrogen (secondary N) is 2. The largest absolute Gasteiger partial charge is 0.372 e. The van der Waals surface area contributed by atoms with Crippen LogP contribution in [0.2, 0.25) is 0 Å². The Morgan fingerprint density at radius 2 is 1.70 bits per heavy atom. The molecule has 1 atom stereocenters. The summed E-state index contributed by atoms with van der Waals surface area (Å²) in [5.74, 6) is -1.22. The summed E-state index contributed by atoms with van der Waals surface area (Å²) in [5, 5.41) is 14.4. The van der Waals surface area contributed by atoms with Gasteiger partial charge in [-0.15, -0.1) is 0 Å². The van der Waals surface area contributed by atoms with Gasteiger partial charge >= 0.3 is 0 Å². The van der Waals surface area contributed by atoms with Gasteiger partial charge in [0.05, 0.1) is 0 Å². The maximum atomic E-state index is 12.6. The topological polar surface area (TPSA) is 82.2 Å². The van der Waals surface area contributed by atoms with E-state index in [2.05, 4.69) is 10.3 Å². The lowest BCUT2D eigenvalue weighted by atomic mass is 9.79. The highest BCUT2D eigenvalue weighted by Gasteiger charge is 2.48. The quantitative estimate of drug-likeness (QED) is 0.601. The Balaban J connectivity index is 2.10. The van der Waals surface area contributed by atoms with Crippen molar-refractivity contribution in [3.05, 3.63) is 70.9 Å². The number of aryl methyl sites for hydroxylation is 1. The van der Waals surface area contributed by atoms with E-state index in [-0.39, 0.29) is 0 Å². The lowest BCUT2D eigenvalue weighted by Crippen LogP contribution is -2.52. The molecule has 2 aromatic carbocycles. The molecule has 5 nitrogen and oxygen atoms in total. The highest BCUT2D eigenvalue weighted by molar-refractivity contribution is 6.15. The average Bonchev–Trinajstić information content (AvgIpc) is 2.89. The highest BCUT2D eigenvalue weighted by atomic mass is 16.3. The van der Waals surface area contributed by atoms with Crippen molar-refractivity contribution in [3.63, 3.8) is 0 Å². The van der Waals surface area contributed by atoms with Gasteiger partial charge in [0.25, 0.3) is 11.8 Å². The van der Waals surface area contributed by atoms with Crippen molar-refractivity contribution >= 4 is 22.7 Å². The third kappa shape index (κ3) is 1.71. The number of rotatable bonds is 1. The lowest BCUT2D eigenvalue weighted by molar-refractivity contribution is -0.136. The molecule has 3 N–H and O–H groups in total. The number of amides is 2. The van der Waals surface area contributed by atoms with Crippen molar-refractivity contribution in [2.75, 3.05) is 0 Å². The molecule has 0 spiro atoms. The van der Waals surface area contributed by atoms with Crippen molar-refractivity contribution in [1.82, 2.24) is 10.3 Å². The fraction of sp³-hybridized carbons (Fsp3) is 0.111. The first-order chi connectivity index (χ1) is 11.0. The van der Waals surface area contributed by atoms with Crippen LogP contribution in [0.4, 0.5) is 0 Å². The fourth-order valence-corrected chi connectivity index (χ4v) is 3.37. The lowest BCUT2D eigenvalue weighted by Gasteiger charge is -2.33. The second kappa shape index (κ2) is 4.54. The van der Waals surface area contributed by atoms with Gasteiger partial charge in [0.1, 0.15) is 0 Å². The summed E-state index contributed by atoms with van der Waals surface area (Å²) in [6, 6.07) is 14.1. The number of benzene rings is 2. The molecule has 0 fully saturated rings. The van der Waals surface area contributed by atoms with Crippen LogP contribution in [0.25, 0.3) is 10.9 Å². The normalized spacial score (nSPS) is 20.4. The van der Waals surface area contributed by atoms with Gasteiger partial charge in [-0.1, -0.05) is 36.4 Å². The number of para-hydroxylation sites is 1. The van der Waals surface area contributed by atoms with Crippen LogP contribution >= 0.6 is 0 Å². The first-order valence-corrected chi connectivity index (χ1v) is 7.29. The third-order valence-electron chi connectivity index (χ3n) is 4.37. The zero-order valence-electron chi connectivity index (χ0n) is 12.4. The van der Waals surface area contributed by atoms with E-state index in [0.29, 0.717) is 22.4 Å². The molecule has 0 aliphatic carbocycles. The highest BCUT2D eigenvalue weighted by Crippen LogP contribution is 2.40. The zero-order valence-corrected chi connectivity index (χ0v) is 12.4. The van der Waals surface area contributed by atoms with E-state index in [1.807, 2.05) is 24.3 Å². The molecular formula is C18H14N2O3. The average molecular weight is 306 g/mol. The van der Waals surface area contributed by atoms with Crippen LogP contribution in [0.5, 0.6) is 0 Å². The summed E-state index contributed by atoms with van der Waals surface area (Å²) in [4.78, 5) is 27.8. The molecule has 2 amide bonds. The Morgan fingerprint density at radius 1 is 1.00 bits per heavy atom. The third-order valence-corrected chi connectivity index (χ3v) is 4.37. The maximum absolute atomic E-state index is 12.6. The Labute approximate surface area is 132 Å². The number of carbonyl (C=O) groups is 2. The molecule has 1 aliphatic heterocycles. The molecule has 1 aliphatic rings. The molecular weight excluding hydrogens is 292 g/mol. The standard InChI is InChI=1S/C18H14N2O3/c1-10-15(12-7-3-5-9-14(12)19-10)18(23)13-8-4-2-6-11(13)16(21)20-17(18)22/h2-9,19,23H,1H3,(H,20,21,22). The Hall–Kier alpha value is -2.92. The zero-order chi connectivity index (χ0) is 16.2. The van der Waals surface area contributed by atoms with E-state index in [1.165, 1.54) is 0 Å². The Bertz CT molecular complexity index is 973. The molecule has 114 valence electrons. The van der Waals surface area contributed by atoms with Gasteiger partial charge in [0.15, 0.2) is 5.60 Å². The number of hydrogen-bond donors (Lipinski definition) is 3. The van der Waals surface area contributed by atoms with E-state index < -0.39 is 17.4 Å². The van der Waals surface area contributed by atoms with E-state index in [4.69, 9.17) is 0 Å². The van der Waals surface area contributed by atoms with Gasteiger partial charge in [-0.25, -0.2) is 0 Å². The van der Waals surface area contributed by atoms with Gasteiger partial charge in [-0.05, 0) is 19.1 Å². The molecule has 2 heterocycles. The van der Waals surface area contributed by atoms with Gasteiger partial charge in [0, 0.05) is 33.3 Å². The van der Waals surface area contributed by atoms with Crippen LogP contribution in [0.1, 0.15) is 27.2 Å². The molecule has 1 aromatic heterocycles. The first kappa shape index (κ1) is 13.7. The fourth-order valence-electron chi connectivity index (χ4n) is 3.37. The Morgan fingerprint density at radius 3 is 2.52 bits per heavy atom. The SMILES string of the molecule is Cc1[nH]c2ccccc2c1C1(O)C(=O)NC(=O)c2ccccc21. The van der Waals surface area contributed by atoms with Crippen LogP contribution in [0.15, 0.2) is 48.5 Å². The minimum atomic E-state index is -1.91. The summed E-state index contributed by atoms with van der Waals surface area (Å²) in [7, 11) is 0.